The lowest BCUT2D eigenvalue weighted by Gasteiger charge is -2.44. The standard InChI is InChI=1S/C23H31N2/c1-7-25(16-21-11-9-8-10-12-21)20(5)15-22(24(25)6)23-18(3)13-17(2)14-19(23)4/h8-15,20H,7,16H2,1-6H3/q+1. The fourth-order valence-corrected chi connectivity index (χ4v) is 4.55. The van der Waals surface area contributed by atoms with Gasteiger partial charge in [-0.3, -0.25) is 0 Å². The molecule has 0 N–H and O–H groups in total. The molecule has 0 saturated heterocycles. The summed E-state index contributed by atoms with van der Waals surface area (Å²) in [6.45, 7) is 13.4. The summed E-state index contributed by atoms with van der Waals surface area (Å²) in [6, 6.07) is 15.9. The quantitative estimate of drug-likeness (QED) is 0.691. The second kappa shape index (κ2) is 6.68. The van der Waals surface area contributed by atoms with Crippen LogP contribution in [0.25, 0.3) is 5.70 Å². The van der Waals surface area contributed by atoms with Gasteiger partial charge in [0.2, 0.25) is 0 Å². The number of hydrogen-bond acceptors (Lipinski definition) is 1. The summed E-state index contributed by atoms with van der Waals surface area (Å²) in [7, 11) is 2.26. The van der Waals surface area contributed by atoms with Gasteiger partial charge in [-0.15, -0.1) is 0 Å². The van der Waals surface area contributed by atoms with Crippen LogP contribution in [0.4, 0.5) is 0 Å². The number of aryl methyl sites for hydroxylation is 3. The summed E-state index contributed by atoms with van der Waals surface area (Å²) in [6.07, 6.45) is 2.47. The SMILES string of the molecule is CC[N+]1(Cc2ccccc2)C(C)C=C(c2c(C)cc(C)cc2C)N1C. The monoisotopic (exact) mass is 335 g/mol. The predicted octanol–water partition coefficient (Wildman–Crippen LogP) is 5.24. The van der Waals surface area contributed by atoms with Crippen LogP contribution in [0, 0.1) is 20.8 Å². The van der Waals surface area contributed by atoms with E-state index in [4.69, 9.17) is 0 Å². The van der Waals surface area contributed by atoms with Crippen molar-refractivity contribution in [2.45, 2.75) is 47.2 Å². The van der Waals surface area contributed by atoms with E-state index in [-0.39, 0.29) is 0 Å². The Hall–Kier alpha value is -2.06. The molecule has 0 bridgehead atoms. The lowest BCUT2D eigenvalue weighted by molar-refractivity contribution is -1.04. The summed E-state index contributed by atoms with van der Waals surface area (Å²) < 4.78 is 0.950. The highest BCUT2D eigenvalue weighted by atomic mass is 15.8. The third-order valence-electron chi connectivity index (χ3n) is 5.88. The van der Waals surface area contributed by atoms with E-state index in [0.29, 0.717) is 6.04 Å². The van der Waals surface area contributed by atoms with E-state index in [0.717, 1.165) is 17.7 Å². The lowest BCUT2D eigenvalue weighted by Crippen LogP contribution is -2.57. The normalized spacial score (nSPS) is 23.0. The molecular weight excluding hydrogens is 304 g/mol. The van der Waals surface area contributed by atoms with Crippen molar-refractivity contribution in [3.8, 4) is 0 Å². The van der Waals surface area contributed by atoms with Crippen LogP contribution in [0.5, 0.6) is 0 Å². The van der Waals surface area contributed by atoms with Crippen LogP contribution in [-0.2, 0) is 6.54 Å². The summed E-state index contributed by atoms with van der Waals surface area (Å²) >= 11 is 0. The Morgan fingerprint density at radius 1 is 1.00 bits per heavy atom. The first-order chi connectivity index (χ1) is 11.9. The van der Waals surface area contributed by atoms with Crippen molar-refractivity contribution in [1.29, 1.82) is 0 Å². The van der Waals surface area contributed by atoms with Crippen molar-refractivity contribution < 1.29 is 4.59 Å². The number of likely N-dealkylation sites (N-methyl/N-ethyl adjacent to an activating group) is 1. The zero-order valence-electron chi connectivity index (χ0n) is 16.5. The highest BCUT2D eigenvalue weighted by Crippen LogP contribution is 2.39. The summed E-state index contributed by atoms with van der Waals surface area (Å²) in [4.78, 5) is 0. The third kappa shape index (κ3) is 3.00. The number of nitrogens with zero attached hydrogens (tertiary/aromatic N) is 2. The highest BCUT2D eigenvalue weighted by molar-refractivity contribution is 5.70. The Morgan fingerprint density at radius 3 is 2.16 bits per heavy atom. The topological polar surface area (TPSA) is 3.24 Å². The maximum atomic E-state index is 2.50. The molecule has 1 heterocycles. The van der Waals surface area contributed by atoms with Gasteiger partial charge in [0.05, 0.1) is 19.3 Å². The number of quaternary nitrogens is 1. The van der Waals surface area contributed by atoms with E-state index in [2.05, 4.69) is 95.2 Å². The molecule has 0 aromatic heterocycles. The number of hydrogen-bond donors (Lipinski definition) is 0. The van der Waals surface area contributed by atoms with Gasteiger partial charge in [0.25, 0.3) is 0 Å². The minimum Gasteiger partial charge on any atom is -0.226 e. The molecule has 0 saturated carbocycles. The fraction of sp³-hybridized carbons (Fsp3) is 0.391. The molecule has 132 valence electrons. The molecule has 2 aromatic rings. The van der Waals surface area contributed by atoms with Crippen LogP contribution in [0.1, 0.15) is 41.7 Å². The molecule has 25 heavy (non-hydrogen) atoms. The van der Waals surface area contributed by atoms with Gasteiger partial charge in [-0.1, -0.05) is 48.0 Å². The molecule has 2 nitrogen and oxygen atoms in total. The smallest absolute Gasteiger partial charge is 0.130 e. The Morgan fingerprint density at radius 2 is 1.60 bits per heavy atom. The number of benzene rings is 2. The van der Waals surface area contributed by atoms with Gasteiger partial charge < -0.3 is 0 Å². The Bertz CT molecular complexity index is 768. The summed E-state index contributed by atoms with van der Waals surface area (Å²) in [5.74, 6) is 0. The molecule has 0 fully saturated rings. The molecule has 1 aliphatic heterocycles. The molecule has 0 radical (unpaired) electrons. The highest BCUT2D eigenvalue weighted by Gasteiger charge is 2.44. The van der Waals surface area contributed by atoms with Crippen LogP contribution in [0.3, 0.4) is 0 Å². The summed E-state index contributed by atoms with van der Waals surface area (Å²) in [5, 5.41) is 2.50. The van der Waals surface area contributed by atoms with E-state index >= 15 is 0 Å². The Kier molecular flexibility index (Phi) is 4.75. The average Bonchev–Trinajstić information content (AvgIpc) is 2.80. The molecule has 2 unspecified atom stereocenters. The largest absolute Gasteiger partial charge is 0.226 e. The van der Waals surface area contributed by atoms with Crippen molar-refractivity contribution in [3.63, 3.8) is 0 Å². The molecule has 1 aliphatic rings. The molecule has 0 amide bonds. The minimum atomic E-state index is 0.463. The van der Waals surface area contributed by atoms with E-state index in [1.807, 2.05) is 0 Å². The van der Waals surface area contributed by atoms with Crippen LogP contribution in [0.2, 0.25) is 0 Å². The molecular formula is C23H31N2+. The van der Waals surface area contributed by atoms with Gasteiger partial charge in [-0.05, 0) is 45.7 Å². The van der Waals surface area contributed by atoms with Crippen molar-refractivity contribution in [2.75, 3.05) is 13.6 Å². The van der Waals surface area contributed by atoms with E-state index in [1.54, 1.807) is 0 Å². The molecule has 2 heteroatoms. The van der Waals surface area contributed by atoms with Crippen molar-refractivity contribution >= 4 is 5.70 Å². The van der Waals surface area contributed by atoms with Gasteiger partial charge >= 0.3 is 0 Å². The molecule has 0 aliphatic carbocycles. The van der Waals surface area contributed by atoms with Crippen molar-refractivity contribution in [3.05, 3.63) is 76.4 Å². The summed E-state index contributed by atoms with van der Waals surface area (Å²) in [5.41, 5.74) is 8.27. The first kappa shape index (κ1) is 17.8. The maximum absolute atomic E-state index is 2.50. The Balaban J connectivity index is 2.02. The first-order valence-corrected chi connectivity index (χ1v) is 9.34. The second-order valence-corrected chi connectivity index (χ2v) is 7.54. The van der Waals surface area contributed by atoms with Crippen molar-refractivity contribution in [2.24, 2.45) is 0 Å². The molecule has 2 atom stereocenters. The third-order valence-corrected chi connectivity index (χ3v) is 5.88. The predicted molar refractivity (Wildman–Crippen MR) is 107 cm³/mol. The second-order valence-electron chi connectivity index (χ2n) is 7.54. The van der Waals surface area contributed by atoms with Crippen molar-refractivity contribution in [1.82, 2.24) is 5.01 Å². The first-order valence-electron chi connectivity index (χ1n) is 9.34. The van der Waals surface area contributed by atoms with Crippen LogP contribution < -0.4 is 0 Å². The minimum absolute atomic E-state index is 0.463. The fourth-order valence-electron chi connectivity index (χ4n) is 4.55. The van der Waals surface area contributed by atoms with Gasteiger partial charge in [0, 0.05) is 17.2 Å². The van der Waals surface area contributed by atoms with Gasteiger partial charge in [0.15, 0.2) is 0 Å². The van der Waals surface area contributed by atoms with Gasteiger partial charge in [-0.25, -0.2) is 9.60 Å². The molecule has 3 rings (SSSR count). The van der Waals surface area contributed by atoms with E-state index in [9.17, 15) is 0 Å². The molecule has 0 spiro atoms. The van der Waals surface area contributed by atoms with Crippen LogP contribution >= 0.6 is 0 Å². The van der Waals surface area contributed by atoms with E-state index < -0.39 is 0 Å². The zero-order chi connectivity index (χ0) is 18.2. The number of rotatable bonds is 4. The van der Waals surface area contributed by atoms with E-state index in [1.165, 1.54) is 33.5 Å². The maximum Gasteiger partial charge on any atom is 0.130 e. The van der Waals surface area contributed by atoms with Gasteiger partial charge in [-0.2, -0.15) is 0 Å². The Labute approximate surface area is 153 Å². The average molecular weight is 336 g/mol. The lowest BCUT2D eigenvalue weighted by atomic mass is 9.97. The van der Waals surface area contributed by atoms with Gasteiger partial charge in [0.1, 0.15) is 12.6 Å². The van der Waals surface area contributed by atoms with Crippen LogP contribution in [-0.4, -0.2) is 29.2 Å². The molecule has 2 aromatic carbocycles. The zero-order valence-corrected chi connectivity index (χ0v) is 16.5. The van der Waals surface area contributed by atoms with Crippen LogP contribution in [0.15, 0.2) is 48.5 Å².